The quantitative estimate of drug-likeness (QED) is 0.137. The third kappa shape index (κ3) is 13.9. The highest BCUT2D eigenvalue weighted by Crippen LogP contribution is 2.23. The fourth-order valence-electron chi connectivity index (χ4n) is 5.40. The van der Waals surface area contributed by atoms with Crippen LogP contribution in [0.1, 0.15) is 65.2 Å². The molecule has 0 saturated carbocycles. The molecule has 2 N–H and O–H groups in total. The molecule has 3 aromatic carbocycles. The summed E-state index contributed by atoms with van der Waals surface area (Å²) < 4.78 is 17.2. The van der Waals surface area contributed by atoms with Crippen molar-refractivity contribution in [1.29, 1.82) is 0 Å². The van der Waals surface area contributed by atoms with Crippen molar-refractivity contribution in [1.82, 2.24) is 9.80 Å². The lowest BCUT2D eigenvalue weighted by Gasteiger charge is -2.38. The number of phenolic OH excluding ortho intramolecular Hbond substituents is 2. The van der Waals surface area contributed by atoms with Crippen LogP contribution < -0.4 is 0 Å². The topological polar surface area (TPSA) is 126 Å². The van der Waals surface area contributed by atoms with E-state index in [0.29, 0.717) is 6.54 Å². The molecule has 10 heteroatoms. The molecule has 2 atom stereocenters. The van der Waals surface area contributed by atoms with Gasteiger partial charge < -0.3 is 24.4 Å². The molecule has 0 aromatic heterocycles. The van der Waals surface area contributed by atoms with E-state index in [9.17, 15) is 24.6 Å². The van der Waals surface area contributed by atoms with Gasteiger partial charge in [-0.15, -0.1) is 0 Å². The predicted molar refractivity (Wildman–Crippen MR) is 188 cm³/mol. The maximum Gasteiger partial charge on any atom is 0.323 e. The highest BCUT2D eigenvalue weighted by atomic mass is 16.6. The summed E-state index contributed by atoms with van der Waals surface area (Å²) in [7, 11) is 0. The fourth-order valence-corrected chi connectivity index (χ4v) is 5.40. The van der Waals surface area contributed by atoms with Gasteiger partial charge in [0.25, 0.3) is 0 Å². The van der Waals surface area contributed by atoms with Gasteiger partial charge in [0.05, 0.1) is 18.8 Å². The Labute approximate surface area is 290 Å². The summed E-state index contributed by atoms with van der Waals surface area (Å²) >= 11 is 0. The first-order chi connectivity index (χ1) is 23.1. The van der Waals surface area contributed by atoms with E-state index >= 15 is 0 Å². The molecule has 0 saturated heterocycles. The van der Waals surface area contributed by atoms with Gasteiger partial charge in [0.2, 0.25) is 0 Å². The molecule has 0 aliphatic heterocycles. The average Bonchev–Trinajstić information content (AvgIpc) is 3.00. The molecule has 0 amide bonds. The van der Waals surface area contributed by atoms with Crippen LogP contribution in [0.3, 0.4) is 0 Å². The maximum absolute atomic E-state index is 14.0. The molecule has 10 nitrogen and oxygen atoms in total. The van der Waals surface area contributed by atoms with Gasteiger partial charge in [-0.2, -0.15) is 0 Å². The van der Waals surface area contributed by atoms with Crippen molar-refractivity contribution in [2.24, 2.45) is 0 Å². The van der Waals surface area contributed by atoms with Gasteiger partial charge in [0.15, 0.2) is 0 Å². The fraction of sp³-hybridized carbons (Fsp3) is 0.462. The number of carbonyl (C=O) groups is 3. The van der Waals surface area contributed by atoms with E-state index in [2.05, 4.69) is 0 Å². The molecule has 3 rings (SSSR count). The summed E-state index contributed by atoms with van der Waals surface area (Å²) in [5.74, 6) is -1.25. The zero-order valence-electron chi connectivity index (χ0n) is 29.8. The smallest absolute Gasteiger partial charge is 0.323 e. The zero-order chi connectivity index (χ0) is 36.1. The second kappa shape index (κ2) is 18.4. The molecule has 0 fully saturated rings. The Hall–Kier alpha value is -4.41. The van der Waals surface area contributed by atoms with Crippen LogP contribution in [-0.4, -0.2) is 87.4 Å². The van der Waals surface area contributed by atoms with Crippen molar-refractivity contribution in [3.05, 3.63) is 95.6 Å². The van der Waals surface area contributed by atoms with E-state index in [0.717, 1.165) is 16.7 Å². The standard InChI is InChI=1S/C39H52N2O8/c1-27(2)47-37(45)34(23-29-13-17-32(42)18-14-29)41(35(38(46)48-28(3)4)24-30-15-19-33(43)20-16-30)22-21-40(25-31-11-9-8-10-12-31)26-36(44)49-39(5,6)7/h8-20,27-28,34-35,42-43H,21-26H2,1-7H3. The van der Waals surface area contributed by atoms with E-state index in [1.54, 1.807) is 76.2 Å². The van der Waals surface area contributed by atoms with Crippen LogP contribution in [0.15, 0.2) is 78.9 Å². The summed E-state index contributed by atoms with van der Waals surface area (Å²) in [6.07, 6.45) is -0.483. The monoisotopic (exact) mass is 676 g/mol. The first kappa shape index (κ1) is 39.0. The van der Waals surface area contributed by atoms with Crippen molar-refractivity contribution in [3.8, 4) is 11.5 Å². The number of hydrogen-bond donors (Lipinski definition) is 2. The second-order valence-corrected chi connectivity index (χ2v) is 13.8. The van der Waals surface area contributed by atoms with E-state index < -0.39 is 47.8 Å². The highest BCUT2D eigenvalue weighted by molar-refractivity contribution is 5.80. The second-order valence-electron chi connectivity index (χ2n) is 13.8. The molecule has 2 unspecified atom stereocenters. The Morgan fingerprint density at radius 3 is 1.51 bits per heavy atom. The molecule has 266 valence electrons. The van der Waals surface area contributed by atoms with Crippen molar-refractivity contribution in [3.63, 3.8) is 0 Å². The summed E-state index contributed by atoms with van der Waals surface area (Å²) in [5, 5.41) is 19.9. The van der Waals surface area contributed by atoms with E-state index in [4.69, 9.17) is 14.2 Å². The Kier molecular flexibility index (Phi) is 14.6. The number of phenols is 2. The van der Waals surface area contributed by atoms with Crippen LogP contribution >= 0.6 is 0 Å². The van der Waals surface area contributed by atoms with E-state index in [1.165, 1.54) is 0 Å². The van der Waals surface area contributed by atoms with Crippen LogP contribution in [0.2, 0.25) is 0 Å². The zero-order valence-corrected chi connectivity index (χ0v) is 29.8. The third-order valence-electron chi connectivity index (χ3n) is 7.48. The molecule has 0 aliphatic rings. The van der Waals surface area contributed by atoms with E-state index in [1.807, 2.05) is 60.9 Å². The first-order valence-electron chi connectivity index (χ1n) is 16.8. The number of benzene rings is 3. The maximum atomic E-state index is 14.0. The Bertz CT molecular complexity index is 1390. The number of ether oxygens (including phenoxy) is 3. The van der Waals surface area contributed by atoms with Gasteiger partial charge >= 0.3 is 17.9 Å². The minimum absolute atomic E-state index is 0.0157. The van der Waals surface area contributed by atoms with Gasteiger partial charge in [0, 0.05) is 19.6 Å². The number of esters is 3. The van der Waals surface area contributed by atoms with Crippen LogP contribution in [0, 0.1) is 0 Å². The molecule has 3 aromatic rings. The summed E-state index contributed by atoms with van der Waals surface area (Å²) in [5.41, 5.74) is 1.82. The number of hydrogen-bond acceptors (Lipinski definition) is 10. The first-order valence-corrected chi connectivity index (χ1v) is 16.8. The van der Waals surface area contributed by atoms with Crippen molar-refractivity contribution in [2.45, 2.75) is 97.7 Å². The normalized spacial score (nSPS) is 13.0. The summed E-state index contributed by atoms with van der Waals surface area (Å²) in [6.45, 7) is 13.4. The van der Waals surface area contributed by atoms with Crippen molar-refractivity contribution >= 4 is 17.9 Å². The molecule has 49 heavy (non-hydrogen) atoms. The molecule has 0 aliphatic carbocycles. The minimum Gasteiger partial charge on any atom is -0.508 e. The Morgan fingerprint density at radius 1 is 0.653 bits per heavy atom. The van der Waals surface area contributed by atoms with Gasteiger partial charge in [-0.05, 0) is 102 Å². The number of carbonyl (C=O) groups excluding carboxylic acids is 3. The van der Waals surface area contributed by atoms with Crippen LogP contribution in [0.5, 0.6) is 11.5 Å². The summed E-state index contributed by atoms with van der Waals surface area (Å²) in [4.78, 5) is 44.8. The third-order valence-corrected chi connectivity index (χ3v) is 7.48. The molecule has 0 heterocycles. The molecular weight excluding hydrogens is 624 g/mol. The Balaban J connectivity index is 2.10. The lowest BCUT2D eigenvalue weighted by Crippen LogP contribution is -2.56. The SMILES string of the molecule is CC(C)OC(=O)C(Cc1ccc(O)cc1)N(CCN(CC(=O)OC(C)(C)C)Cc1ccccc1)C(Cc1ccc(O)cc1)C(=O)OC(C)C. The van der Waals surface area contributed by atoms with Gasteiger partial charge in [-0.1, -0.05) is 54.6 Å². The van der Waals surface area contributed by atoms with Crippen molar-refractivity contribution < 1.29 is 38.8 Å². The molecule has 0 spiro atoms. The summed E-state index contributed by atoms with van der Waals surface area (Å²) in [6, 6.07) is 21.0. The molecule has 0 bridgehead atoms. The minimum atomic E-state index is -0.936. The lowest BCUT2D eigenvalue weighted by molar-refractivity contribution is -0.163. The number of rotatable bonds is 17. The molecule has 0 radical (unpaired) electrons. The Morgan fingerprint density at radius 2 is 1.10 bits per heavy atom. The average molecular weight is 677 g/mol. The highest BCUT2D eigenvalue weighted by Gasteiger charge is 2.38. The lowest BCUT2D eigenvalue weighted by atomic mass is 9.98. The van der Waals surface area contributed by atoms with Crippen LogP contribution in [0.25, 0.3) is 0 Å². The van der Waals surface area contributed by atoms with Gasteiger partial charge in [-0.25, -0.2) is 0 Å². The van der Waals surface area contributed by atoms with Crippen LogP contribution in [0.4, 0.5) is 0 Å². The predicted octanol–water partition coefficient (Wildman–Crippen LogP) is 5.67. The van der Waals surface area contributed by atoms with Gasteiger partial charge in [0.1, 0.15) is 29.2 Å². The molecular formula is C39H52N2O8. The number of aromatic hydroxyl groups is 2. The van der Waals surface area contributed by atoms with E-state index in [-0.39, 0.29) is 44.0 Å². The largest absolute Gasteiger partial charge is 0.508 e. The number of nitrogens with zero attached hydrogens (tertiary/aromatic N) is 2. The van der Waals surface area contributed by atoms with Gasteiger partial charge in [-0.3, -0.25) is 24.2 Å². The van der Waals surface area contributed by atoms with Crippen molar-refractivity contribution in [2.75, 3.05) is 19.6 Å². The van der Waals surface area contributed by atoms with Crippen LogP contribution in [-0.2, 0) is 48.0 Å².